The van der Waals surface area contributed by atoms with Gasteiger partial charge in [0.05, 0.1) is 12.1 Å². The number of likely N-dealkylation sites (tertiary alicyclic amines) is 1. The molecule has 2 fully saturated rings. The topological polar surface area (TPSA) is 100 Å². The lowest BCUT2D eigenvalue weighted by Gasteiger charge is -2.34. The number of aromatic nitrogens is 3. The minimum Gasteiger partial charge on any atom is -0.396 e. The number of fused-ring (bicyclic) bond motifs is 3. The molecule has 1 saturated heterocycles. The zero-order valence-corrected chi connectivity index (χ0v) is 20.6. The summed E-state index contributed by atoms with van der Waals surface area (Å²) in [7, 11) is 0. The summed E-state index contributed by atoms with van der Waals surface area (Å²) in [6.45, 7) is 0.826. The number of carbonyl (C=O) groups is 1. The number of aliphatic hydroxyl groups is 1. The van der Waals surface area contributed by atoms with Gasteiger partial charge in [0.2, 0.25) is 5.91 Å². The molecule has 3 aromatic rings. The molecule has 2 N–H and O–H groups in total. The van der Waals surface area contributed by atoms with Crippen molar-refractivity contribution in [1.29, 1.82) is 0 Å². The largest absolute Gasteiger partial charge is 0.396 e. The first-order valence-electron chi connectivity index (χ1n) is 13.0. The van der Waals surface area contributed by atoms with Crippen molar-refractivity contribution in [1.82, 2.24) is 24.8 Å². The van der Waals surface area contributed by atoms with Gasteiger partial charge in [0.1, 0.15) is 6.33 Å². The standard InChI is InChI=1S/C29H31N5O3/c35-17-24-23-16-33-25(12-11-21(29(33)37)10-9-19-5-2-1-3-6-19)26(23)34(15-20-13-30-18-31-14-20)27(24)28(36)32-22-7-4-8-22/h1-3,5-6,9-14,18,22-24,26-27,35H,4,7-8,15-17H2,(H,32,36)/b10-9+/t23-,24-,26+,27-/m0/s1. The van der Waals surface area contributed by atoms with Gasteiger partial charge >= 0.3 is 0 Å². The summed E-state index contributed by atoms with van der Waals surface area (Å²) in [5.74, 6) is -0.364. The van der Waals surface area contributed by atoms with Gasteiger partial charge in [0.15, 0.2) is 0 Å². The number of nitrogens with one attached hydrogen (secondary N) is 1. The molecular formula is C29H31N5O3. The van der Waals surface area contributed by atoms with Crippen LogP contribution in [0.4, 0.5) is 0 Å². The second-order valence-corrected chi connectivity index (χ2v) is 10.3. The smallest absolute Gasteiger partial charge is 0.258 e. The summed E-state index contributed by atoms with van der Waals surface area (Å²) in [4.78, 5) is 37.5. The van der Waals surface area contributed by atoms with Crippen LogP contribution in [-0.2, 0) is 17.9 Å². The van der Waals surface area contributed by atoms with E-state index in [-0.39, 0.29) is 42.0 Å². The quantitative estimate of drug-likeness (QED) is 0.521. The fourth-order valence-corrected chi connectivity index (χ4v) is 6.14. The number of aliphatic hydroxyl groups excluding tert-OH is 1. The van der Waals surface area contributed by atoms with Crippen LogP contribution in [0.15, 0.2) is 66.0 Å². The summed E-state index contributed by atoms with van der Waals surface area (Å²) >= 11 is 0. The highest BCUT2D eigenvalue weighted by Gasteiger charge is 2.55. The zero-order chi connectivity index (χ0) is 25.4. The Bertz CT molecular complexity index is 1350. The number of rotatable bonds is 7. The number of benzene rings is 1. The van der Waals surface area contributed by atoms with Gasteiger partial charge in [-0.05, 0) is 43.0 Å². The van der Waals surface area contributed by atoms with Crippen LogP contribution in [-0.4, -0.2) is 49.1 Å². The number of hydrogen-bond donors (Lipinski definition) is 2. The molecule has 0 spiro atoms. The summed E-state index contributed by atoms with van der Waals surface area (Å²) < 4.78 is 1.83. The Morgan fingerprint density at radius 2 is 1.86 bits per heavy atom. The van der Waals surface area contributed by atoms with Gasteiger partial charge in [0, 0.05) is 66.8 Å². The maximum absolute atomic E-state index is 13.5. The van der Waals surface area contributed by atoms with Crippen LogP contribution in [0.25, 0.3) is 12.2 Å². The molecule has 1 saturated carbocycles. The fraction of sp³-hybridized carbons (Fsp3) is 0.379. The molecule has 190 valence electrons. The van der Waals surface area contributed by atoms with Gasteiger partial charge in [-0.3, -0.25) is 14.5 Å². The fourth-order valence-electron chi connectivity index (χ4n) is 6.14. The number of pyridine rings is 1. The van der Waals surface area contributed by atoms with E-state index in [0.29, 0.717) is 18.7 Å². The van der Waals surface area contributed by atoms with E-state index in [9.17, 15) is 14.7 Å². The van der Waals surface area contributed by atoms with Crippen molar-refractivity contribution in [3.8, 4) is 0 Å². The average Bonchev–Trinajstić information content (AvgIpc) is 3.42. The number of amides is 1. The molecule has 2 aromatic heterocycles. The molecule has 0 radical (unpaired) electrons. The number of carbonyl (C=O) groups excluding carboxylic acids is 1. The minimum atomic E-state index is -0.484. The summed E-state index contributed by atoms with van der Waals surface area (Å²) in [6, 6.07) is 13.3. The molecule has 2 aliphatic heterocycles. The van der Waals surface area contributed by atoms with Crippen LogP contribution in [0, 0.1) is 11.8 Å². The monoisotopic (exact) mass is 497 g/mol. The van der Waals surface area contributed by atoms with Gasteiger partial charge in [-0.25, -0.2) is 9.97 Å². The van der Waals surface area contributed by atoms with E-state index in [0.717, 1.165) is 36.1 Å². The van der Waals surface area contributed by atoms with Crippen molar-refractivity contribution in [2.24, 2.45) is 11.8 Å². The zero-order valence-electron chi connectivity index (χ0n) is 20.6. The first-order valence-corrected chi connectivity index (χ1v) is 13.0. The molecule has 4 heterocycles. The lowest BCUT2D eigenvalue weighted by molar-refractivity contribution is -0.129. The molecule has 8 nitrogen and oxygen atoms in total. The molecule has 37 heavy (non-hydrogen) atoms. The van der Waals surface area contributed by atoms with E-state index in [4.69, 9.17) is 0 Å². The van der Waals surface area contributed by atoms with Crippen LogP contribution >= 0.6 is 0 Å². The summed E-state index contributed by atoms with van der Waals surface area (Å²) in [5, 5.41) is 13.7. The Labute approximate surface area is 215 Å². The van der Waals surface area contributed by atoms with E-state index in [2.05, 4.69) is 20.2 Å². The van der Waals surface area contributed by atoms with Crippen LogP contribution in [0.5, 0.6) is 0 Å². The van der Waals surface area contributed by atoms with Crippen molar-refractivity contribution in [2.75, 3.05) is 6.61 Å². The molecule has 6 rings (SSSR count). The Morgan fingerprint density at radius 3 is 2.57 bits per heavy atom. The maximum atomic E-state index is 13.5. The Balaban J connectivity index is 1.35. The Morgan fingerprint density at radius 1 is 1.08 bits per heavy atom. The highest BCUT2D eigenvalue weighted by molar-refractivity contribution is 5.83. The highest BCUT2D eigenvalue weighted by Crippen LogP contribution is 2.49. The third-order valence-electron chi connectivity index (χ3n) is 8.17. The molecule has 1 aliphatic carbocycles. The predicted molar refractivity (Wildman–Crippen MR) is 140 cm³/mol. The third kappa shape index (κ3) is 4.40. The van der Waals surface area contributed by atoms with Gasteiger partial charge in [-0.1, -0.05) is 36.4 Å². The normalized spacial score (nSPS) is 25.1. The average molecular weight is 498 g/mol. The molecule has 3 aliphatic rings. The van der Waals surface area contributed by atoms with Crippen LogP contribution in [0.1, 0.15) is 47.7 Å². The lowest BCUT2D eigenvalue weighted by Crippen LogP contribution is -2.52. The van der Waals surface area contributed by atoms with Crippen LogP contribution in [0.3, 0.4) is 0 Å². The molecule has 1 amide bonds. The lowest BCUT2D eigenvalue weighted by atomic mass is 9.87. The van der Waals surface area contributed by atoms with Gasteiger partial charge < -0.3 is 15.0 Å². The third-order valence-corrected chi connectivity index (χ3v) is 8.17. The van der Waals surface area contributed by atoms with Crippen molar-refractivity contribution in [3.05, 3.63) is 93.9 Å². The molecule has 8 heteroatoms. The SMILES string of the molecule is O=C(NC1CCC1)[C@@H]1[C@@H](CO)[C@@H]2Cn3c(ccc(/C=C/c4ccccc4)c3=O)[C@@H]2N1Cc1cncnc1. The van der Waals surface area contributed by atoms with Crippen molar-refractivity contribution >= 4 is 18.1 Å². The van der Waals surface area contributed by atoms with Crippen LogP contribution < -0.4 is 10.9 Å². The van der Waals surface area contributed by atoms with Crippen molar-refractivity contribution < 1.29 is 9.90 Å². The first-order chi connectivity index (χ1) is 18.1. The highest BCUT2D eigenvalue weighted by atomic mass is 16.3. The van der Waals surface area contributed by atoms with E-state index < -0.39 is 6.04 Å². The van der Waals surface area contributed by atoms with E-state index in [1.807, 2.05) is 59.2 Å². The minimum absolute atomic E-state index is 0.0358. The number of nitrogens with zero attached hydrogens (tertiary/aromatic N) is 4. The van der Waals surface area contributed by atoms with Gasteiger partial charge in [-0.2, -0.15) is 0 Å². The molecule has 0 bridgehead atoms. The van der Waals surface area contributed by atoms with E-state index in [1.165, 1.54) is 6.33 Å². The second kappa shape index (κ2) is 10.0. The molecule has 0 unspecified atom stereocenters. The predicted octanol–water partition coefficient (Wildman–Crippen LogP) is 2.64. The summed E-state index contributed by atoms with van der Waals surface area (Å²) in [6.07, 6.45) is 11.9. The summed E-state index contributed by atoms with van der Waals surface area (Å²) in [5.41, 5.74) is 3.39. The Kier molecular flexibility index (Phi) is 6.44. The van der Waals surface area contributed by atoms with Crippen molar-refractivity contribution in [3.63, 3.8) is 0 Å². The van der Waals surface area contributed by atoms with Gasteiger partial charge in [0.25, 0.3) is 5.56 Å². The number of hydrogen-bond acceptors (Lipinski definition) is 6. The Hall–Kier alpha value is -3.62. The molecule has 4 atom stereocenters. The van der Waals surface area contributed by atoms with Crippen LogP contribution in [0.2, 0.25) is 0 Å². The van der Waals surface area contributed by atoms with Gasteiger partial charge in [-0.15, -0.1) is 0 Å². The molecule has 1 aromatic carbocycles. The van der Waals surface area contributed by atoms with E-state index >= 15 is 0 Å². The van der Waals surface area contributed by atoms with E-state index in [1.54, 1.807) is 12.4 Å². The maximum Gasteiger partial charge on any atom is 0.258 e. The first kappa shape index (κ1) is 23.8. The second-order valence-electron chi connectivity index (χ2n) is 10.3. The molecular weight excluding hydrogens is 466 g/mol. The van der Waals surface area contributed by atoms with Crippen molar-refractivity contribution in [2.45, 2.75) is 50.5 Å².